The minimum Gasteiger partial charge on any atom is -0.325 e. The molecule has 102 valence electrons. The van der Waals surface area contributed by atoms with Crippen molar-refractivity contribution < 1.29 is 9.72 Å². The summed E-state index contributed by atoms with van der Waals surface area (Å²) in [6.45, 7) is 3.71. The van der Waals surface area contributed by atoms with Gasteiger partial charge in [-0.3, -0.25) is 10.1 Å². The first-order valence-electron chi connectivity index (χ1n) is 6.36. The van der Waals surface area contributed by atoms with Gasteiger partial charge in [0, 0.05) is 30.9 Å². The number of nitro benzene ring substituents is 1. The van der Waals surface area contributed by atoms with E-state index in [1.54, 1.807) is 17.0 Å². The van der Waals surface area contributed by atoms with Crippen LogP contribution in [0.1, 0.15) is 19.8 Å². The van der Waals surface area contributed by atoms with Crippen molar-refractivity contribution in [3.8, 4) is 0 Å². The molecule has 1 aromatic carbocycles. The summed E-state index contributed by atoms with van der Waals surface area (Å²) in [5.74, 6) is 0.670. The second-order valence-electron chi connectivity index (χ2n) is 4.90. The van der Waals surface area contributed by atoms with Crippen LogP contribution in [0.15, 0.2) is 24.3 Å². The molecule has 0 saturated carbocycles. The van der Waals surface area contributed by atoms with E-state index in [4.69, 9.17) is 0 Å². The lowest BCUT2D eigenvalue weighted by Gasteiger charge is -2.30. The first kappa shape index (κ1) is 13.3. The number of non-ortho nitro benzene ring substituents is 1. The monoisotopic (exact) mass is 263 g/mol. The lowest BCUT2D eigenvalue weighted by atomic mass is 10.00. The molecule has 1 aromatic rings. The first-order chi connectivity index (χ1) is 9.06. The quantitative estimate of drug-likeness (QED) is 0.658. The summed E-state index contributed by atoms with van der Waals surface area (Å²) in [4.78, 5) is 23.8. The highest BCUT2D eigenvalue weighted by Gasteiger charge is 2.20. The van der Waals surface area contributed by atoms with Crippen LogP contribution < -0.4 is 5.32 Å². The number of likely N-dealkylation sites (tertiary alicyclic amines) is 1. The third kappa shape index (κ3) is 3.43. The molecule has 1 heterocycles. The highest BCUT2D eigenvalue weighted by Crippen LogP contribution is 2.19. The normalized spacial score (nSPS) is 16.2. The van der Waals surface area contributed by atoms with E-state index in [2.05, 4.69) is 12.2 Å². The van der Waals surface area contributed by atoms with Gasteiger partial charge in [-0.25, -0.2) is 4.79 Å². The van der Waals surface area contributed by atoms with E-state index in [0.29, 0.717) is 11.6 Å². The predicted octanol–water partition coefficient (Wildman–Crippen LogP) is 2.86. The third-order valence-corrected chi connectivity index (χ3v) is 3.40. The van der Waals surface area contributed by atoms with E-state index >= 15 is 0 Å². The van der Waals surface area contributed by atoms with Gasteiger partial charge < -0.3 is 10.2 Å². The highest BCUT2D eigenvalue weighted by atomic mass is 16.6. The summed E-state index contributed by atoms with van der Waals surface area (Å²) in [6.07, 6.45) is 2.04. The molecule has 0 aliphatic carbocycles. The Hall–Kier alpha value is -2.11. The van der Waals surface area contributed by atoms with Crippen molar-refractivity contribution in [2.24, 2.45) is 5.92 Å². The van der Waals surface area contributed by atoms with Crippen LogP contribution in [-0.4, -0.2) is 28.9 Å². The maximum Gasteiger partial charge on any atom is 0.321 e. The fraction of sp³-hybridized carbons (Fsp3) is 0.462. The van der Waals surface area contributed by atoms with E-state index < -0.39 is 4.92 Å². The Kier molecular flexibility index (Phi) is 3.99. The van der Waals surface area contributed by atoms with Crippen LogP contribution in [0.5, 0.6) is 0 Å². The summed E-state index contributed by atoms with van der Waals surface area (Å²) in [7, 11) is 0. The second kappa shape index (κ2) is 5.69. The fourth-order valence-corrected chi connectivity index (χ4v) is 2.08. The van der Waals surface area contributed by atoms with E-state index in [1.807, 2.05) is 0 Å². The molecule has 1 aliphatic rings. The van der Waals surface area contributed by atoms with Gasteiger partial charge in [-0.1, -0.05) is 6.92 Å². The van der Waals surface area contributed by atoms with Gasteiger partial charge >= 0.3 is 6.03 Å². The maximum atomic E-state index is 12.0. The zero-order chi connectivity index (χ0) is 13.8. The van der Waals surface area contributed by atoms with Gasteiger partial charge in [0.1, 0.15) is 0 Å². The standard InChI is InChI=1S/C13H17N3O3/c1-10-6-8-15(9-7-10)13(17)14-11-2-4-12(5-3-11)16(18)19/h2-5,10H,6-9H2,1H3,(H,14,17). The van der Waals surface area contributed by atoms with Crippen LogP contribution in [0.3, 0.4) is 0 Å². The molecule has 1 fully saturated rings. The van der Waals surface area contributed by atoms with Crippen LogP contribution in [0, 0.1) is 16.0 Å². The number of piperidine rings is 1. The first-order valence-corrected chi connectivity index (χ1v) is 6.36. The Morgan fingerprint density at radius 1 is 1.32 bits per heavy atom. The molecule has 1 N–H and O–H groups in total. The van der Waals surface area contributed by atoms with E-state index in [1.165, 1.54) is 12.1 Å². The van der Waals surface area contributed by atoms with Crippen LogP contribution in [-0.2, 0) is 0 Å². The molecule has 0 aromatic heterocycles. The lowest BCUT2D eigenvalue weighted by molar-refractivity contribution is -0.384. The van der Waals surface area contributed by atoms with Crippen molar-refractivity contribution in [2.75, 3.05) is 18.4 Å². The smallest absolute Gasteiger partial charge is 0.321 e. The van der Waals surface area contributed by atoms with Gasteiger partial charge in [0.15, 0.2) is 0 Å². The van der Waals surface area contributed by atoms with Gasteiger partial charge in [-0.15, -0.1) is 0 Å². The Bertz CT molecular complexity index is 465. The molecule has 2 rings (SSSR count). The van der Waals surface area contributed by atoms with Crippen molar-refractivity contribution in [3.63, 3.8) is 0 Å². The molecule has 19 heavy (non-hydrogen) atoms. The molecule has 0 unspecified atom stereocenters. The van der Waals surface area contributed by atoms with Crippen molar-refractivity contribution in [2.45, 2.75) is 19.8 Å². The Balaban J connectivity index is 1.93. The molecule has 1 aliphatic heterocycles. The lowest BCUT2D eigenvalue weighted by Crippen LogP contribution is -2.40. The molecular weight excluding hydrogens is 246 g/mol. The van der Waals surface area contributed by atoms with E-state index in [0.717, 1.165) is 25.9 Å². The number of amides is 2. The second-order valence-corrected chi connectivity index (χ2v) is 4.90. The number of nitrogens with one attached hydrogen (secondary N) is 1. The topological polar surface area (TPSA) is 75.5 Å². The number of nitrogens with zero attached hydrogens (tertiary/aromatic N) is 2. The summed E-state index contributed by atoms with van der Waals surface area (Å²) >= 11 is 0. The molecule has 6 heteroatoms. The number of benzene rings is 1. The molecule has 0 spiro atoms. The summed E-state index contributed by atoms with van der Waals surface area (Å²) in [5, 5.41) is 13.3. The van der Waals surface area contributed by atoms with Crippen molar-refractivity contribution in [3.05, 3.63) is 34.4 Å². The Morgan fingerprint density at radius 2 is 1.89 bits per heavy atom. The fourth-order valence-electron chi connectivity index (χ4n) is 2.08. The molecule has 2 amide bonds. The van der Waals surface area contributed by atoms with Crippen molar-refractivity contribution >= 4 is 17.4 Å². The van der Waals surface area contributed by atoms with Crippen LogP contribution >= 0.6 is 0 Å². The zero-order valence-corrected chi connectivity index (χ0v) is 10.8. The number of anilines is 1. The molecule has 0 bridgehead atoms. The van der Waals surface area contributed by atoms with Gasteiger partial charge in [0.05, 0.1) is 4.92 Å². The Morgan fingerprint density at radius 3 is 2.42 bits per heavy atom. The zero-order valence-electron chi connectivity index (χ0n) is 10.8. The summed E-state index contributed by atoms with van der Waals surface area (Å²) in [6, 6.07) is 5.72. The van der Waals surface area contributed by atoms with Crippen LogP contribution in [0.4, 0.5) is 16.2 Å². The highest BCUT2D eigenvalue weighted by molar-refractivity contribution is 5.89. The maximum absolute atomic E-state index is 12.0. The van der Waals surface area contributed by atoms with Crippen LogP contribution in [0.25, 0.3) is 0 Å². The SMILES string of the molecule is CC1CCN(C(=O)Nc2ccc([N+](=O)[O-])cc2)CC1. The predicted molar refractivity (Wildman–Crippen MR) is 72.1 cm³/mol. The number of rotatable bonds is 2. The van der Waals surface area contributed by atoms with E-state index in [-0.39, 0.29) is 11.7 Å². The van der Waals surface area contributed by atoms with Crippen molar-refractivity contribution in [1.82, 2.24) is 4.90 Å². The molecule has 0 atom stereocenters. The van der Waals surface area contributed by atoms with Gasteiger partial charge in [-0.2, -0.15) is 0 Å². The van der Waals surface area contributed by atoms with E-state index in [9.17, 15) is 14.9 Å². The third-order valence-electron chi connectivity index (χ3n) is 3.40. The minimum atomic E-state index is -0.461. The number of hydrogen-bond acceptors (Lipinski definition) is 3. The average Bonchev–Trinajstić information content (AvgIpc) is 2.40. The molecular formula is C13H17N3O3. The van der Waals surface area contributed by atoms with Gasteiger partial charge in [0.2, 0.25) is 0 Å². The average molecular weight is 263 g/mol. The molecule has 0 radical (unpaired) electrons. The number of urea groups is 1. The largest absolute Gasteiger partial charge is 0.325 e. The molecule has 1 saturated heterocycles. The number of nitro groups is 1. The molecule has 6 nitrogen and oxygen atoms in total. The minimum absolute atomic E-state index is 0.0183. The summed E-state index contributed by atoms with van der Waals surface area (Å²) < 4.78 is 0. The number of carbonyl (C=O) groups excluding carboxylic acids is 1. The van der Waals surface area contributed by atoms with Crippen molar-refractivity contribution in [1.29, 1.82) is 0 Å². The number of hydrogen-bond donors (Lipinski definition) is 1. The summed E-state index contributed by atoms with van der Waals surface area (Å²) in [5.41, 5.74) is 0.596. The Labute approximate surface area is 111 Å². The van der Waals surface area contributed by atoms with Gasteiger partial charge in [0.25, 0.3) is 5.69 Å². The number of carbonyl (C=O) groups is 1. The van der Waals surface area contributed by atoms with Gasteiger partial charge in [-0.05, 0) is 30.9 Å². The van der Waals surface area contributed by atoms with Crippen LogP contribution in [0.2, 0.25) is 0 Å².